The Morgan fingerprint density at radius 1 is 1.50 bits per heavy atom. The van der Waals surface area contributed by atoms with Crippen molar-refractivity contribution in [3.05, 3.63) is 0 Å². The summed E-state index contributed by atoms with van der Waals surface area (Å²) < 4.78 is 25.1. The molecule has 1 fully saturated rings. The Labute approximate surface area is 85.8 Å². The molecule has 0 amide bonds. The van der Waals surface area contributed by atoms with Crippen LogP contribution in [0.2, 0.25) is 0 Å². The smallest absolute Gasteiger partial charge is 0.211 e. The number of aliphatic hydroxyl groups is 1. The molecule has 1 saturated carbocycles. The number of nitrogens with one attached hydrogen (secondary N) is 1. The monoisotopic (exact) mass is 221 g/mol. The molecule has 1 atom stereocenters. The third kappa shape index (κ3) is 4.39. The zero-order valence-electron chi connectivity index (χ0n) is 8.57. The van der Waals surface area contributed by atoms with Crippen molar-refractivity contribution >= 4 is 10.0 Å². The Kier molecular flexibility index (Phi) is 4.34. The van der Waals surface area contributed by atoms with E-state index in [1.807, 2.05) is 6.92 Å². The van der Waals surface area contributed by atoms with Crippen LogP contribution < -0.4 is 4.72 Å². The van der Waals surface area contributed by atoms with Gasteiger partial charge in [0, 0.05) is 6.54 Å². The molecule has 0 aromatic heterocycles. The summed E-state index contributed by atoms with van der Waals surface area (Å²) in [6.45, 7) is 2.13. The summed E-state index contributed by atoms with van der Waals surface area (Å²) in [4.78, 5) is 0. The van der Waals surface area contributed by atoms with Crippen LogP contribution in [0.15, 0.2) is 0 Å². The molecule has 0 aromatic rings. The van der Waals surface area contributed by atoms with Crippen molar-refractivity contribution in [1.29, 1.82) is 0 Å². The molecule has 1 unspecified atom stereocenters. The Morgan fingerprint density at radius 3 is 2.64 bits per heavy atom. The first-order valence-corrected chi connectivity index (χ1v) is 6.86. The van der Waals surface area contributed by atoms with E-state index >= 15 is 0 Å². The van der Waals surface area contributed by atoms with Gasteiger partial charge in [-0.25, -0.2) is 13.1 Å². The number of sulfonamides is 1. The SMILES string of the molecule is CCCCS(=O)(=O)NCC(O)C1CC1. The summed E-state index contributed by atoms with van der Waals surface area (Å²) >= 11 is 0. The second kappa shape index (κ2) is 5.09. The van der Waals surface area contributed by atoms with Crippen molar-refractivity contribution in [2.45, 2.75) is 38.7 Å². The maximum atomic E-state index is 11.3. The number of aliphatic hydroxyl groups excluding tert-OH is 1. The molecule has 0 aromatic carbocycles. The van der Waals surface area contributed by atoms with Crippen molar-refractivity contribution in [2.75, 3.05) is 12.3 Å². The minimum atomic E-state index is -3.15. The Balaban J connectivity index is 2.20. The van der Waals surface area contributed by atoms with E-state index in [2.05, 4.69) is 4.72 Å². The first-order chi connectivity index (χ1) is 6.55. The van der Waals surface area contributed by atoms with Crippen molar-refractivity contribution < 1.29 is 13.5 Å². The zero-order valence-corrected chi connectivity index (χ0v) is 9.39. The highest BCUT2D eigenvalue weighted by Gasteiger charge is 2.30. The molecular formula is C9H19NO3S. The number of hydrogen-bond donors (Lipinski definition) is 2. The van der Waals surface area contributed by atoms with E-state index in [1.165, 1.54) is 0 Å². The second-order valence-corrected chi connectivity index (χ2v) is 5.85. The van der Waals surface area contributed by atoms with E-state index < -0.39 is 16.1 Å². The first-order valence-electron chi connectivity index (χ1n) is 5.20. The fraction of sp³-hybridized carbons (Fsp3) is 1.00. The van der Waals surface area contributed by atoms with Gasteiger partial charge in [0.15, 0.2) is 0 Å². The number of hydrogen-bond acceptors (Lipinski definition) is 3. The van der Waals surface area contributed by atoms with Crippen LogP contribution in [-0.2, 0) is 10.0 Å². The predicted octanol–water partition coefficient (Wildman–Crippen LogP) is 0.477. The quantitative estimate of drug-likeness (QED) is 0.657. The van der Waals surface area contributed by atoms with Crippen LogP contribution in [0.5, 0.6) is 0 Å². The average Bonchev–Trinajstić information content (AvgIpc) is 2.94. The van der Waals surface area contributed by atoms with Gasteiger partial charge in [-0.15, -0.1) is 0 Å². The van der Waals surface area contributed by atoms with Crippen molar-refractivity contribution in [3.8, 4) is 0 Å². The molecule has 1 rings (SSSR count). The lowest BCUT2D eigenvalue weighted by molar-refractivity contribution is 0.155. The molecule has 0 saturated heterocycles. The van der Waals surface area contributed by atoms with Gasteiger partial charge in [-0.3, -0.25) is 0 Å². The van der Waals surface area contributed by atoms with Gasteiger partial charge in [0.05, 0.1) is 11.9 Å². The fourth-order valence-electron chi connectivity index (χ4n) is 1.27. The van der Waals surface area contributed by atoms with Gasteiger partial charge in [0.25, 0.3) is 0 Å². The number of unbranched alkanes of at least 4 members (excludes halogenated alkanes) is 1. The normalized spacial score (nSPS) is 19.6. The number of rotatable bonds is 7. The minimum absolute atomic E-state index is 0.168. The molecule has 0 aliphatic heterocycles. The maximum Gasteiger partial charge on any atom is 0.211 e. The Bertz CT molecular complexity index is 259. The van der Waals surface area contributed by atoms with Gasteiger partial charge in [0.2, 0.25) is 10.0 Å². The molecule has 14 heavy (non-hydrogen) atoms. The predicted molar refractivity (Wildman–Crippen MR) is 55.4 cm³/mol. The van der Waals surface area contributed by atoms with E-state index in [-0.39, 0.29) is 12.3 Å². The van der Waals surface area contributed by atoms with Crippen LogP contribution in [0.25, 0.3) is 0 Å². The van der Waals surface area contributed by atoms with Crippen molar-refractivity contribution in [3.63, 3.8) is 0 Å². The van der Waals surface area contributed by atoms with Gasteiger partial charge < -0.3 is 5.11 Å². The highest BCUT2D eigenvalue weighted by molar-refractivity contribution is 7.89. The highest BCUT2D eigenvalue weighted by Crippen LogP contribution is 2.32. The molecule has 1 aliphatic carbocycles. The Hall–Kier alpha value is -0.130. The van der Waals surface area contributed by atoms with Crippen LogP contribution in [0.4, 0.5) is 0 Å². The second-order valence-electron chi connectivity index (χ2n) is 3.93. The van der Waals surface area contributed by atoms with Gasteiger partial charge in [0.1, 0.15) is 0 Å². The van der Waals surface area contributed by atoms with Gasteiger partial charge >= 0.3 is 0 Å². The van der Waals surface area contributed by atoms with Crippen LogP contribution in [0.3, 0.4) is 0 Å². The first kappa shape index (κ1) is 11.9. The largest absolute Gasteiger partial charge is 0.391 e. The summed E-state index contributed by atoms with van der Waals surface area (Å²) in [5, 5.41) is 9.45. The third-order valence-corrected chi connectivity index (χ3v) is 3.88. The molecule has 5 heteroatoms. The molecule has 0 heterocycles. The van der Waals surface area contributed by atoms with E-state index in [0.29, 0.717) is 12.3 Å². The Morgan fingerprint density at radius 2 is 2.14 bits per heavy atom. The van der Waals surface area contributed by atoms with E-state index in [9.17, 15) is 13.5 Å². The highest BCUT2D eigenvalue weighted by atomic mass is 32.2. The summed E-state index contributed by atoms with van der Waals surface area (Å²) in [5.74, 6) is 0.491. The van der Waals surface area contributed by atoms with Crippen LogP contribution in [-0.4, -0.2) is 31.9 Å². The van der Waals surface area contributed by atoms with Crippen LogP contribution in [0, 0.1) is 5.92 Å². The van der Waals surface area contributed by atoms with Gasteiger partial charge in [-0.2, -0.15) is 0 Å². The third-order valence-electron chi connectivity index (χ3n) is 2.45. The summed E-state index contributed by atoms with van der Waals surface area (Å²) in [5.41, 5.74) is 0. The van der Waals surface area contributed by atoms with E-state index in [1.54, 1.807) is 0 Å². The van der Waals surface area contributed by atoms with Gasteiger partial charge in [-0.05, 0) is 25.2 Å². The summed E-state index contributed by atoms with van der Waals surface area (Å²) in [7, 11) is -3.15. The topological polar surface area (TPSA) is 66.4 Å². The summed E-state index contributed by atoms with van der Waals surface area (Å²) in [6, 6.07) is 0. The lowest BCUT2D eigenvalue weighted by Crippen LogP contribution is -2.34. The van der Waals surface area contributed by atoms with Crippen LogP contribution in [0.1, 0.15) is 32.6 Å². The molecule has 0 spiro atoms. The molecule has 0 radical (unpaired) electrons. The molecule has 0 bridgehead atoms. The van der Waals surface area contributed by atoms with E-state index in [4.69, 9.17) is 0 Å². The summed E-state index contributed by atoms with van der Waals surface area (Å²) in [6.07, 6.45) is 3.10. The maximum absolute atomic E-state index is 11.3. The molecule has 2 N–H and O–H groups in total. The standard InChI is InChI=1S/C9H19NO3S/c1-2-3-6-14(12,13)10-7-9(11)8-4-5-8/h8-11H,2-7H2,1H3. The van der Waals surface area contributed by atoms with E-state index in [0.717, 1.165) is 19.3 Å². The zero-order chi connectivity index (χ0) is 10.6. The van der Waals surface area contributed by atoms with Crippen LogP contribution >= 0.6 is 0 Å². The fourth-order valence-corrected chi connectivity index (χ4v) is 2.50. The molecular weight excluding hydrogens is 202 g/mol. The lowest BCUT2D eigenvalue weighted by Gasteiger charge is -2.10. The van der Waals surface area contributed by atoms with Gasteiger partial charge in [-0.1, -0.05) is 13.3 Å². The molecule has 4 nitrogen and oxygen atoms in total. The minimum Gasteiger partial charge on any atom is -0.391 e. The van der Waals surface area contributed by atoms with Crippen molar-refractivity contribution in [2.24, 2.45) is 5.92 Å². The lowest BCUT2D eigenvalue weighted by atomic mass is 10.2. The average molecular weight is 221 g/mol. The van der Waals surface area contributed by atoms with Crippen molar-refractivity contribution in [1.82, 2.24) is 4.72 Å². The molecule has 84 valence electrons. The molecule has 1 aliphatic rings.